The van der Waals surface area contributed by atoms with Gasteiger partial charge in [0.25, 0.3) is 11.5 Å². The minimum absolute atomic E-state index is 0.00886. The van der Waals surface area contributed by atoms with Gasteiger partial charge in [0.1, 0.15) is 0 Å². The van der Waals surface area contributed by atoms with E-state index >= 15 is 0 Å². The molecule has 5 rings (SSSR count). The number of hydrogen-bond acceptors (Lipinski definition) is 6. The van der Waals surface area contributed by atoms with Crippen LogP contribution in [0.5, 0.6) is 5.88 Å². The van der Waals surface area contributed by atoms with E-state index in [0.717, 1.165) is 63.1 Å². The molecule has 0 unspecified atom stereocenters. The van der Waals surface area contributed by atoms with E-state index in [4.69, 9.17) is 4.74 Å². The Balaban J connectivity index is 1.15. The zero-order valence-corrected chi connectivity index (χ0v) is 16.5. The third-order valence-corrected chi connectivity index (χ3v) is 6.04. The van der Waals surface area contributed by atoms with Crippen molar-refractivity contribution in [2.75, 3.05) is 39.3 Å². The van der Waals surface area contributed by atoms with Gasteiger partial charge in [-0.1, -0.05) is 0 Å². The van der Waals surface area contributed by atoms with Gasteiger partial charge in [0.05, 0.1) is 18.8 Å². The molecule has 1 fully saturated rings. The Morgan fingerprint density at radius 1 is 1.00 bits per heavy atom. The van der Waals surface area contributed by atoms with Crippen molar-refractivity contribution in [3.8, 4) is 5.88 Å². The van der Waals surface area contributed by atoms with Crippen molar-refractivity contribution >= 4 is 5.91 Å². The lowest BCUT2D eigenvalue weighted by Gasteiger charge is -2.34. The average Bonchev–Trinajstić information content (AvgIpc) is 3.38. The highest BCUT2D eigenvalue weighted by Gasteiger charge is 2.26. The summed E-state index contributed by atoms with van der Waals surface area (Å²) in [7, 11) is 0. The van der Waals surface area contributed by atoms with Gasteiger partial charge in [-0.05, 0) is 24.8 Å². The highest BCUT2D eigenvalue weighted by molar-refractivity contribution is 5.92. The van der Waals surface area contributed by atoms with Crippen LogP contribution < -0.4 is 10.3 Å². The first-order chi connectivity index (χ1) is 14.2. The number of piperazine rings is 1. The van der Waals surface area contributed by atoms with Crippen molar-refractivity contribution in [1.82, 2.24) is 29.4 Å². The van der Waals surface area contributed by atoms with E-state index in [1.165, 1.54) is 0 Å². The van der Waals surface area contributed by atoms with Crippen molar-refractivity contribution in [3.63, 3.8) is 0 Å². The number of aromatic nitrogens is 4. The fourth-order valence-electron chi connectivity index (χ4n) is 4.34. The van der Waals surface area contributed by atoms with Crippen LogP contribution in [-0.2, 0) is 25.9 Å². The molecule has 1 amide bonds. The molecule has 3 aliphatic rings. The molecule has 1 aliphatic carbocycles. The number of carbonyl (C=O) groups excluding carboxylic acids is 1. The number of aryl methyl sites for hydroxylation is 3. The largest absolute Gasteiger partial charge is 0.478 e. The molecule has 154 valence electrons. The van der Waals surface area contributed by atoms with Crippen molar-refractivity contribution in [2.24, 2.45) is 0 Å². The lowest BCUT2D eigenvalue weighted by atomic mass is 10.2. The molecule has 0 spiro atoms. The van der Waals surface area contributed by atoms with E-state index in [1.54, 1.807) is 21.5 Å². The van der Waals surface area contributed by atoms with Crippen LogP contribution in [0, 0.1) is 0 Å². The highest BCUT2D eigenvalue weighted by atomic mass is 16.5. The molecule has 0 radical (unpaired) electrons. The van der Waals surface area contributed by atoms with Gasteiger partial charge in [-0.25, -0.2) is 9.36 Å². The maximum atomic E-state index is 12.8. The molecule has 2 aromatic rings. The summed E-state index contributed by atoms with van der Waals surface area (Å²) in [5.41, 5.74) is 2.64. The summed E-state index contributed by atoms with van der Waals surface area (Å²) >= 11 is 0. The Morgan fingerprint density at radius 3 is 2.69 bits per heavy atom. The monoisotopic (exact) mass is 398 g/mol. The molecular formula is C20H26N6O3. The predicted molar refractivity (Wildman–Crippen MR) is 105 cm³/mol. The van der Waals surface area contributed by atoms with E-state index in [-0.39, 0.29) is 11.5 Å². The summed E-state index contributed by atoms with van der Waals surface area (Å²) in [4.78, 5) is 29.2. The van der Waals surface area contributed by atoms with E-state index < -0.39 is 0 Å². The van der Waals surface area contributed by atoms with Gasteiger partial charge in [-0.3, -0.25) is 14.5 Å². The van der Waals surface area contributed by atoms with E-state index in [0.29, 0.717) is 37.8 Å². The van der Waals surface area contributed by atoms with Gasteiger partial charge < -0.3 is 9.64 Å². The van der Waals surface area contributed by atoms with E-state index in [9.17, 15) is 9.59 Å². The predicted octanol–water partition coefficient (Wildman–Crippen LogP) is 0.169. The first-order valence-corrected chi connectivity index (χ1v) is 10.5. The number of ether oxygens (including phenoxy) is 1. The van der Waals surface area contributed by atoms with Gasteiger partial charge >= 0.3 is 0 Å². The quantitative estimate of drug-likeness (QED) is 0.730. The molecule has 1 saturated heterocycles. The number of fused-ring (bicyclic) bond motifs is 2. The lowest BCUT2D eigenvalue weighted by molar-refractivity contribution is 0.0624. The van der Waals surface area contributed by atoms with Gasteiger partial charge in [0.2, 0.25) is 5.88 Å². The maximum absolute atomic E-state index is 12.8. The van der Waals surface area contributed by atoms with Gasteiger partial charge in [-0.15, -0.1) is 0 Å². The van der Waals surface area contributed by atoms with Crippen LogP contribution in [0.4, 0.5) is 0 Å². The topological polar surface area (TPSA) is 85.5 Å². The number of amides is 1. The SMILES string of the molecule is O=C(c1cc2n(n1)CCCO2)N1CCN(CCn2nc3c(cc2=O)CCC3)CC1. The van der Waals surface area contributed by atoms with Crippen molar-refractivity contribution in [1.29, 1.82) is 0 Å². The smallest absolute Gasteiger partial charge is 0.274 e. The van der Waals surface area contributed by atoms with Crippen molar-refractivity contribution in [2.45, 2.75) is 38.8 Å². The standard InChI is InChI=1S/C20H26N6O3/c27-18-13-15-3-1-4-16(15)21-25(18)11-8-23-6-9-24(10-7-23)20(28)17-14-19-26(22-17)5-2-12-29-19/h13-14H,1-12H2. The Morgan fingerprint density at radius 2 is 1.86 bits per heavy atom. The summed E-state index contributed by atoms with van der Waals surface area (Å²) in [6, 6.07) is 3.50. The molecule has 2 aromatic heterocycles. The third-order valence-electron chi connectivity index (χ3n) is 6.04. The Bertz CT molecular complexity index is 950. The highest BCUT2D eigenvalue weighted by Crippen LogP contribution is 2.20. The summed E-state index contributed by atoms with van der Waals surface area (Å²) in [5.74, 6) is 0.650. The molecule has 0 saturated carbocycles. The fraction of sp³-hybridized carbons (Fsp3) is 0.600. The summed E-state index contributed by atoms with van der Waals surface area (Å²) in [5, 5.41) is 8.94. The van der Waals surface area contributed by atoms with Crippen LogP contribution in [0.1, 0.15) is 34.6 Å². The molecule has 4 heterocycles. The molecular weight excluding hydrogens is 372 g/mol. The summed E-state index contributed by atoms with van der Waals surface area (Å²) in [6.45, 7) is 5.73. The van der Waals surface area contributed by atoms with Crippen LogP contribution in [-0.4, -0.2) is 74.6 Å². The van der Waals surface area contributed by atoms with E-state index in [1.807, 2.05) is 4.90 Å². The van der Waals surface area contributed by atoms with Crippen molar-refractivity contribution < 1.29 is 9.53 Å². The number of rotatable bonds is 4. The molecule has 0 N–H and O–H groups in total. The second-order valence-corrected chi connectivity index (χ2v) is 7.96. The van der Waals surface area contributed by atoms with Crippen LogP contribution in [0.3, 0.4) is 0 Å². The first kappa shape index (κ1) is 18.4. The minimum Gasteiger partial charge on any atom is -0.478 e. The van der Waals surface area contributed by atoms with Crippen LogP contribution >= 0.6 is 0 Å². The van der Waals surface area contributed by atoms with Crippen LogP contribution in [0.25, 0.3) is 0 Å². The molecule has 29 heavy (non-hydrogen) atoms. The second-order valence-electron chi connectivity index (χ2n) is 7.96. The lowest BCUT2D eigenvalue weighted by Crippen LogP contribution is -2.49. The number of nitrogens with zero attached hydrogens (tertiary/aromatic N) is 6. The Labute approximate surface area is 168 Å². The average molecular weight is 398 g/mol. The number of hydrogen-bond donors (Lipinski definition) is 0. The summed E-state index contributed by atoms with van der Waals surface area (Å²) in [6.07, 6.45) is 3.95. The van der Waals surface area contributed by atoms with Gasteiger partial charge in [0.15, 0.2) is 5.69 Å². The number of carbonyl (C=O) groups is 1. The second kappa shape index (κ2) is 7.62. The Kier molecular flexibility index (Phi) is 4.83. The van der Waals surface area contributed by atoms with Gasteiger partial charge in [0, 0.05) is 57.8 Å². The Hall–Kier alpha value is -2.68. The van der Waals surface area contributed by atoms with Crippen molar-refractivity contribution in [3.05, 3.63) is 39.4 Å². The molecule has 0 aromatic carbocycles. The summed E-state index contributed by atoms with van der Waals surface area (Å²) < 4.78 is 8.92. The minimum atomic E-state index is -0.0355. The molecule has 2 aliphatic heterocycles. The molecule has 0 atom stereocenters. The zero-order chi connectivity index (χ0) is 19.8. The molecule has 9 nitrogen and oxygen atoms in total. The molecule has 9 heteroatoms. The normalized spacial score (nSPS) is 19.0. The fourth-order valence-corrected chi connectivity index (χ4v) is 4.34. The van der Waals surface area contributed by atoms with Crippen LogP contribution in [0.15, 0.2) is 16.9 Å². The zero-order valence-electron chi connectivity index (χ0n) is 16.5. The van der Waals surface area contributed by atoms with Gasteiger partial charge in [-0.2, -0.15) is 10.2 Å². The van der Waals surface area contributed by atoms with E-state index in [2.05, 4.69) is 15.1 Å². The maximum Gasteiger partial charge on any atom is 0.274 e. The third kappa shape index (κ3) is 3.66. The molecule has 0 bridgehead atoms. The first-order valence-electron chi connectivity index (χ1n) is 10.5. The van der Waals surface area contributed by atoms with Crippen LogP contribution in [0.2, 0.25) is 0 Å².